The quantitative estimate of drug-likeness (QED) is 0.501. The fourth-order valence-corrected chi connectivity index (χ4v) is 2.96. The number of hydrogen-bond donors (Lipinski definition) is 2. The molecule has 3 N–H and O–H groups in total. The number of rotatable bonds is 5. The number of hydrazine groups is 1. The summed E-state index contributed by atoms with van der Waals surface area (Å²) in [5, 5.41) is 0.899. The van der Waals surface area contributed by atoms with E-state index in [1.165, 1.54) is 6.33 Å². The van der Waals surface area contributed by atoms with E-state index in [1.54, 1.807) is 18.9 Å². The highest BCUT2D eigenvalue weighted by Gasteiger charge is 2.15. The first-order valence-corrected chi connectivity index (χ1v) is 7.10. The van der Waals surface area contributed by atoms with Crippen LogP contribution < -0.4 is 16.0 Å². The number of benzene rings is 1. The van der Waals surface area contributed by atoms with Crippen molar-refractivity contribution in [2.24, 2.45) is 5.84 Å². The van der Waals surface area contributed by atoms with Crippen LogP contribution in [0, 0.1) is 0 Å². The van der Waals surface area contributed by atoms with Gasteiger partial charge in [0.25, 0.3) is 0 Å². The second-order valence-corrected chi connectivity index (χ2v) is 5.58. The first kappa shape index (κ1) is 14.6. The fraction of sp³-hybridized carbons (Fsp3) is 0.286. The summed E-state index contributed by atoms with van der Waals surface area (Å²) in [6.07, 6.45) is 1.52. The molecule has 2 rings (SSSR count). The summed E-state index contributed by atoms with van der Waals surface area (Å²) >= 11 is 1.57. The van der Waals surface area contributed by atoms with Crippen molar-refractivity contribution in [3.8, 4) is 5.75 Å². The Balaban J connectivity index is 2.37. The van der Waals surface area contributed by atoms with Crippen LogP contribution in [0.25, 0.3) is 0 Å². The van der Waals surface area contributed by atoms with E-state index >= 15 is 0 Å². The summed E-state index contributed by atoms with van der Waals surface area (Å²) in [6.45, 7) is 4.18. The van der Waals surface area contributed by atoms with Gasteiger partial charge in [-0.2, -0.15) is 0 Å². The largest absolute Gasteiger partial charge is 0.497 e. The van der Waals surface area contributed by atoms with Crippen LogP contribution in [0.1, 0.15) is 25.3 Å². The number of nitrogens with one attached hydrogen (secondary N) is 1. The third kappa shape index (κ3) is 3.20. The van der Waals surface area contributed by atoms with E-state index in [9.17, 15) is 0 Å². The number of nitrogens with zero attached hydrogens (tertiary/aromatic N) is 2. The standard InChI is InChI=1S/C14H18N4OS/c1-9(2)12-13(18-15)16-8-17-14(12)20-11-6-4-5-10(7-11)19-3/h4-9H,15H2,1-3H3,(H,16,17,18). The fourth-order valence-electron chi connectivity index (χ4n) is 1.87. The van der Waals surface area contributed by atoms with E-state index in [2.05, 4.69) is 29.2 Å². The van der Waals surface area contributed by atoms with Crippen molar-refractivity contribution >= 4 is 17.6 Å². The molecule has 106 valence electrons. The van der Waals surface area contributed by atoms with Crippen LogP contribution in [0.4, 0.5) is 5.82 Å². The normalized spacial score (nSPS) is 10.7. The molecule has 0 aliphatic rings. The first-order valence-electron chi connectivity index (χ1n) is 6.29. The minimum absolute atomic E-state index is 0.273. The average molecular weight is 290 g/mol. The number of anilines is 1. The summed E-state index contributed by atoms with van der Waals surface area (Å²) in [5.74, 6) is 7.29. The molecule has 0 saturated carbocycles. The lowest BCUT2D eigenvalue weighted by molar-refractivity contribution is 0.413. The highest BCUT2D eigenvalue weighted by atomic mass is 32.2. The maximum Gasteiger partial charge on any atom is 0.147 e. The van der Waals surface area contributed by atoms with Gasteiger partial charge < -0.3 is 10.2 Å². The number of nitrogen functional groups attached to an aromatic ring is 1. The van der Waals surface area contributed by atoms with Gasteiger partial charge >= 0.3 is 0 Å². The molecular weight excluding hydrogens is 272 g/mol. The molecule has 0 aliphatic carbocycles. The topological polar surface area (TPSA) is 73.1 Å². The highest BCUT2D eigenvalue weighted by Crippen LogP contribution is 2.36. The Bertz CT molecular complexity index is 589. The van der Waals surface area contributed by atoms with E-state index in [-0.39, 0.29) is 5.92 Å². The van der Waals surface area contributed by atoms with Crippen molar-refractivity contribution in [1.29, 1.82) is 0 Å². The Morgan fingerprint density at radius 3 is 2.75 bits per heavy atom. The van der Waals surface area contributed by atoms with Crippen LogP contribution in [0.2, 0.25) is 0 Å². The predicted octanol–water partition coefficient (Wildman–Crippen LogP) is 3.05. The van der Waals surface area contributed by atoms with Crippen molar-refractivity contribution in [3.63, 3.8) is 0 Å². The van der Waals surface area contributed by atoms with Gasteiger partial charge in [-0.25, -0.2) is 15.8 Å². The number of aromatic nitrogens is 2. The minimum atomic E-state index is 0.273. The van der Waals surface area contributed by atoms with Gasteiger partial charge in [-0.05, 0) is 24.1 Å². The van der Waals surface area contributed by atoms with Crippen molar-refractivity contribution in [3.05, 3.63) is 36.2 Å². The smallest absolute Gasteiger partial charge is 0.147 e. The molecule has 2 aromatic rings. The molecule has 1 aromatic carbocycles. The number of ether oxygens (including phenoxy) is 1. The van der Waals surface area contributed by atoms with Gasteiger partial charge in [0.05, 0.1) is 7.11 Å². The molecule has 20 heavy (non-hydrogen) atoms. The lowest BCUT2D eigenvalue weighted by atomic mass is 10.1. The van der Waals surface area contributed by atoms with E-state index in [1.807, 2.05) is 24.3 Å². The second kappa shape index (κ2) is 6.58. The monoisotopic (exact) mass is 290 g/mol. The lowest BCUT2D eigenvalue weighted by Crippen LogP contribution is -2.13. The van der Waals surface area contributed by atoms with Gasteiger partial charge in [0.2, 0.25) is 0 Å². The highest BCUT2D eigenvalue weighted by molar-refractivity contribution is 7.99. The SMILES string of the molecule is COc1cccc(Sc2ncnc(NN)c2C(C)C)c1. The molecule has 0 amide bonds. The van der Waals surface area contributed by atoms with Crippen LogP contribution >= 0.6 is 11.8 Å². The summed E-state index contributed by atoms with van der Waals surface area (Å²) in [4.78, 5) is 9.61. The summed E-state index contributed by atoms with van der Waals surface area (Å²) in [7, 11) is 1.66. The average Bonchev–Trinajstić information content (AvgIpc) is 2.46. The van der Waals surface area contributed by atoms with Crippen LogP contribution in [-0.2, 0) is 0 Å². The van der Waals surface area contributed by atoms with E-state index in [0.29, 0.717) is 5.82 Å². The molecule has 0 saturated heterocycles. The van der Waals surface area contributed by atoms with Crippen molar-refractivity contribution in [2.75, 3.05) is 12.5 Å². The van der Waals surface area contributed by atoms with Crippen LogP contribution in [0.3, 0.4) is 0 Å². The van der Waals surface area contributed by atoms with Gasteiger partial charge in [-0.15, -0.1) is 0 Å². The van der Waals surface area contributed by atoms with E-state index < -0.39 is 0 Å². The maximum atomic E-state index is 5.53. The van der Waals surface area contributed by atoms with E-state index in [4.69, 9.17) is 10.6 Å². The number of hydrogen-bond acceptors (Lipinski definition) is 6. The number of nitrogens with two attached hydrogens (primary N) is 1. The molecule has 0 atom stereocenters. The Morgan fingerprint density at radius 1 is 1.30 bits per heavy atom. The van der Waals surface area contributed by atoms with Gasteiger partial charge in [0, 0.05) is 10.5 Å². The Labute approximate surface area is 122 Å². The molecule has 0 spiro atoms. The third-order valence-corrected chi connectivity index (χ3v) is 3.83. The summed E-state index contributed by atoms with van der Waals surface area (Å²) in [5.41, 5.74) is 3.65. The number of methoxy groups -OCH3 is 1. The van der Waals surface area contributed by atoms with Crippen molar-refractivity contribution < 1.29 is 4.74 Å². The summed E-state index contributed by atoms with van der Waals surface area (Å²) in [6, 6.07) is 7.88. The molecule has 0 fully saturated rings. The van der Waals surface area contributed by atoms with Gasteiger partial charge in [-0.1, -0.05) is 31.7 Å². The second-order valence-electron chi connectivity index (χ2n) is 4.52. The predicted molar refractivity (Wildman–Crippen MR) is 81.0 cm³/mol. The Hall–Kier alpha value is -1.79. The first-order chi connectivity index (χ1) is 9.65. The van der Waals surface area contributed by atoms with Crippen LogP contribution in [0.15, 0.2) is 40.5 Å². The molecule has 5 nitrogen and oxygen atoms in total. The van der Waals surface area contributed by atoms with Crippen LogP contribution in [-0.4, -0.2) is 17.1 Å². The maximum absolute atomic E-state index is 5.53. The van der Waals surface area contributed by atoms with Gasteiger partial charge in [0.1, 0.15) is 22.9 Å². The molecule has 1 aromatic heterocycles. The Kier molecular flexibility index (Phi) is 4.81. The third-order valence-electron chi connectivity index (χ3n) is 2.82. The molecule has 0 unspecified atom stereocenters. The van der Waals surface area contributed by atoms with Gasteiger partial charge in [-0.3, -0.25) is 0 Å². The van der Waals surface area contributed by atoms with Crippen molar-refractivity contribution in [1.82, 2.24) is 9.97 Å². The zero-order chi connectivity index (χ0) is 14.5. The summed E-state index contributed by atoms with van der Waals surface area (Å²) < 4.78 is 5.24. The lowest BCUT2D eigenvalue weighted by Gasteiger charge is -2.15. The van der Waals surface area contributed by atoms with Gasteiger partial charge in [0.15, 0.2) is 0 Å². The van der Waals surface area contributed by atoms with Crippen LogP contribution in [0.5, 0.6) is 5.75 Å². The zero-order valence-electron chi connectivity index (χ0n) is 11.8. The molecule has 0 aliphatic heterocycles. The zero-order valence-corrected chi connectivity index (χ0v) is 12.6. The molecule has 6 heteroatoms. The molecular formula is C14H18N4OS. The molecule has 0 radical (unpaired) electrons. The Morgan fingerprint density at radius 2 is 2.10 bits per heavy atom. The minimum Gasteiger partial charge on any atom is -0.497 e. The van der Waals surface area contributed by atoms with Crippen molar-refractivity contribution in [2.45, 2.75) is 29.7 Å². The molecule has 0 bridgehead atoms. The van der Waals surface area contributed by atoms with E-state index in [0.717, 1.165) is 21.2 Å². The molecule has 1 heterocycles.